The van der Waals surface area contributed by atoms with Crippen LogP contribution in [0, 0.1) is 6.92 Å². The molecule has 134 valence electrons. The zero-order valence-corrected chi connectivity index (χ0v) is 15.8. The molecule has 0 saturated heterocycles. The van der Waals surface area contributed by atoms with E-state index in [0.29, 0.717) is 5.75 Å². The van der Waals surface area contributed by atoms with Gasteiger partial charge in [-0.3, -0.25) is 0 Å². The highest BCUT2D eigenvalue weighted by molar-refractivity contribution is 5.61. The van der Waals surface area contributed by atoms with Crippen LogP contribution in [0.1, 0.15) is 28.2 Å². The lowest BCUT2D eigenvalue weighted by Gasteiger charge is -2.24. The predicted molar refractivity (Wildman–Crippen MR) is 100 cm³/mol. The van der Waals surface area contributed by atoms with Crippen LogP contribution in [0.3, 0.4) is 0 Å². The van der Waals surface area contributed by atoms with Crippen molar-refractivity contribution in [3.05, 3.63) is 52.6 Å². The fraction of sp³-hybridized carbons (Fsp3) is 0.429. The second kappa shape index (κ2) is 7.36. The molecule has 0 N–H and O–H groups in total. The highest BCUT2D eigenvalue weighted by atomic mass is 16.5. The van der Waals surface area contributed by atoms with Gasteiger partial charge in [-0.25, -0.2) is 0 Å². The van der Waals surface area contributed by atoms with Gasteiger partial charge in [-0.2, -0.15) is 0 Å². The molecule has 4 nitrogen and oxygen atoms in total. The van der Waals surface area contributed by atoms with Gasteiger partial charge in [-0.1, -0.05) is 29.8 Å². The van der Waals surface area contributed by atoms with Crippen LogP contribution in [-0.2, 0) is 6.42 Å². The van der Waals surface area contributed by atoms with E-state index >= 15 is 0 Å². The molecule has 0 bridgehead atoms. The van der Waals surface area contributed by atoms with E-state index in [2.05, 4.69) is 49.2 Å². The Bertz CT molecular complexity index is 757. The zero-order valence-electron chi connectivity index (χ0n) is 15.8. The number of fused-ring (bicyclic) bond motifs is 1. The van der Waals surface area contributed by atoms with Gasteiger partial charge in [0.05, 0.1) is 21.3 Å². The average molecular weight is 341 g/mol. The highest BCUT2D eigenvalue weighted by Crippen LogP contribution is 2.46. The number of hydrogen-bond donors (Lipinski definition) is 0. The van der Waals surface area contributed by atoms with Gasteiger partial charge < -0.3 is 19.1 Å². The Hall–Kier alpha value is -2.20. The number of methoxy groups -OCH3 is 3. The maximum absolute atomic E-state index is 5.75. The number of aryl methyl sites for hydroxylation is 1. The minimum Gasteiger partial charge on any atom is -0.493 e. The lowest BCUT2D eigenvalue weighted by Crippen LogP contribution is -2.24. The number of rotatable bonds is 4. The summed E-state index contributed by atoms with van der Waals surface area (Å²) in [7, 11) is 7.21. The Morgan fingerprint density at radius 3 is 2.40 bits per heavy atom. The largest absolute Gasteiger partial charge is 0.493 e. The number of ether oxygens (including phenoxy) is 3. The smallest absolute Gasteiger partial charge is 0.203 e. The molecule has 0 spiro atoms. The molecule has 1 atom stereocenters. The van der Waals surface area contributed by atoms with Crippen molar-refractivity contribution in [3.63, 3.8) is 0 Å². The van der Waals surface area contributed by atoms with Crippen LogP contribution in [-0.4, -0.2) is 46.4 Å². The first kappa shape index (κ1) is 17.6. The summed E-state index contributed by atoms with van der Waals surface area (Å²) in [6, 6.07) is 10.9. The van der Waals surface area contributed by atoms with Gasteiger partial charge in [0.25, 0.3) is 0 Å². The lowest BCUT2D eigenvalue weighted by molar-refractivity contribution is 0.320. The topological polar surface area (TPSA) is 30.9 Å². The third-order valence-corrected chi connectivity index (χ3v) is 5.03. The van der Waals surface area contributed by atoms with Crippen molar-refractivity contribution in [2.45, 2.75) is 19.3 Å². The molecule has 25 heavy (non-hydrogen) atoms. The molecule has 1 aliphatic heterocycles. The molecule has 4 heteroatoms. The summed E-state index contributed by atoms with van der Waals surface area (Å²) in [5, 5.41) is 0. The molecule has 3 rings (SSSR count). The van der Waals surface area contributed by atoms with E-state index in [0.717, 1.165) is 31.0 Å². The standard InChI is InChI=1S/C21H27NO3/c1-14-7-6-8-15(11-14)18-13-22(2)10-9-16-17(18)12-19(23-3)21(25-5)20(16)24-4/h6-8,11-12,18H,9-10,13H2,1-5H3/t18-/m1/s1. The molecule has 1 aliphatic rings. The second-order valence-electron chi connectivity index (χ2n) is 6.69. The Labute approximate surface area is 150 Å². The van der Waals surface area contributed by atoms with E-state index in [1.807, 2.05) is 0 Å². The first-order chi connectivity index (χ1) is 12.1. The predicted octanol–water partition coefficient (Wildman–Crippen LogP) is 3.64. The number of hydrogen-bond acceptors (Lipinski definition) is 4. The van der Waals surface area contributed by atoms with Crippen LogP contribution in [0.2, 0.25) is 0 Å². The van der Waals surface area contributed by atoms with Crippen LogP contribution in [0.15, 0.2) is 30.3 Å². The third-order valence-electron chi connectivity index (χ3n) is 5.03. The molecule has 0 fully saturated rings. The summed E-state index contributed by atoms with van der Waals surface area (Å²) in [5.41, 5.74) is 5.09. The van der Waals surface area contributed by atoms with Crippen LogP contribution >= 0.6 is 0 Å². The van der Waals surface area contributed by atoms with Gasteiger partial charge in [0.1, 0.15) is 0 Å². The molecule has 0 saturated carbocycles. The monoisotopic (exact) mass is 341 g/mol. The van der Waals surface area contributed by atoms with Crippen molar-refractivity contribution in [2.75, 3.05) is 41.5 Å². The maximum atomic E-state index is 5.75. The second-order valence-corrected chi connectivity index (χ2v) is 6.69. The van der Waals surface area contributed by atoms with Crippen LogP contribution in [0.5, 0.6) is 17.2 Å². The Morgan fingerprint density at radius 1 is 1.00 bits per heavy atom. The summed E-state index contributed by atoms with van der Waals surface area (Å²) in [5.74, 6) is 2.47. The van der Waals surface area contributed by atoms with E-state index in [-0.39, 0.29) is 5.92 Å². The highest BCUT2D eigenvalue weighted by Gasteiger charge is 2.29. The Morgan fingerprint density at radius 2 is 1.76 bits per heavy atom. The molecule has 2 aromatic carbocycles. The third kappa shape index (κ3) is 3.31. The Balaban J connectivity index is 2.23. The minimum atomic E-state index is 0.274. The summed E-state index contributed by atoms with van der Waals surface area (Å²) >= 11 is 0. The van der Waals surface area contributed by atoms with Crippen molar-refractivity contribution in [3.8, 4) is 17.2 Å². The molecule has 0 aliphatic carbocycles. The molecule has 0 unspecified atom stereocenters. The number of likely N-dealkylation sites (N-methyl/N-ethyl adjacent to an activating group) is 1. The van der Waals surface area contributed by atoms with E-state index in [4.69, 9.17) is 14.2 Å². The first-order valence-electron chi connectivity index (χ1n) is 8.65. The quantitative estimate of drug-likeness (QED) is 0.849. The van der Waals surface area contributed by atoms with Crippen molar-refractivity contribution < 1.29 is 14.2 Å². The lowest BCUT2D eigenvalue weighted by atomic mass is 9.86. The van der Waals surface area contributed by atoms with Gasteiger partial charge in [0.2, 0.25) is 5.75 Å². The van der Waals surface area contributed by atoms with Crippen LogP contribution < -0.4 is 14.2 Å². The number of benzene rings is 2. The van der Waals surface area contributed by atoms with Gasteiger partial charge in [-0.05, 0) is 37.6 Å². The average Bonchev–Trinajstić information content (AvgIpc) is 2.79. The molecular formula is C21H27NO3. The Kier molecular flexibility index (Phi) is 5.19. The van der Waals surface area contributed by atoms with E-state index in [1.165, 1.54) is 22.3 Å². The summed E-state index contributed by atoms with van der Waals surface area (Å²) in [6.07, 6.45) is 0.928. The normalized spacial score (nSPS) is 17.6. The van der Waals surface area contributed by atoms with Crippen LogP contribution in [0.4, 0.5) is 0 Å². The van der Waals surface area contributed by atoms with Crippen LogP contribution in [0.25, 0.3) is 0 Å². The first-order valence-corrected chi connectivity index (χ1v) is 8.65. The maximum Gasteiger partial charge on any atom is 0.203 e. The fourth-order valence-corrected chi connectivity index (χ4v) is 3.78. The van der Waals surface area contributed by atoms with Crippen molar-refractivity contribution >= 4 is 0 Å². The van der Waals surface area contributed by atoms with Gasteiger partial charge in [0.15, 0.2) is 11.5 Å². The SMILES string of the molecule is COc1cc2c(c(OC)c1OC)CCN(C)C[C@@H]2c1cccc(C)c1. The van der Waals surface area contributed by atoms with Crippen molar-refractivity contribution in [1.82, 2.24) is 4.90 Å². The molecule has 1 heterocycles. The summed E-state index contributed by atoms with van der Waals surface area (Å²) < 4.78 is 16.9. The molecule has 0 radical (unpaired) electrons. The summed E-state index contributed by atoms with van der Waals surface area (Å²) in [4.78, 5) is 2.38. The summed E-state index contributed by atoms with van der Waals surface area (Å²) in [6.45, 7) is 4.09. The van der Waals surface area contributed by atoms with E-state index in [9.17, 15) is 0 Å². The van der Waals surface area contributed by atoms with E-state index < -0.39 is 0 Å². The number of nitrogens with zero attached hydrogens (tertiary/aromatic N) is 1. The molecular weight excluding hydrogens is 314 g/mol. The molecule has 2 aromatic rings. The fourth-order valence-electron chi connectivity index (χ4n) is 3.78. The van der Waals surface area contributed by atoms with E-state index in [1.54, 1.807) is 21.3 Å². The van der Waals surface area contributed by atoms with Crippen molar-refractivity contribution in [2.24, 2.45) is 0 Å². The van der Waals surface area contributed by atoms with Gasteiger partial charge in [-0.15, -0.1) is 0 Å². The molecule has 0 amide bonds. The molecule has 0 aromatic heterocycles. The zero-order chi connectivity index (χ0) is 18.0. The van der Waals surface area contributed by atoms with Gasteiger partial charge >= 0.3 is 0 Å². The van der Waals surface area contributed by atoms with Crippen molar-refractivity contribution in [1.29, 1.82) is 0 Å². The minimum absolute atomic E-state index is 0.274. The van der Waals surface area contributed by atoms with Gasteiger partial charge in [0, 0.05) is 24.6 Å².